The number of ether oxygens (including phenoxy) is 2. The van der Waals surface area contributed by atoms with Crippen LogP contribution < -0.4 is 15.8 Å². The Kier molecular flexibility index (Phi) is 6.94. The molecule has 7 nitrogen and oxygen atoms in total. The molecule has 0 heterocycles. The predicted octanol–water partition coefficient (Wildman–Crippen LogP) is 2.00. The number of anilines is 1. The summed E-state index contributed by atoms with van der Waals surface area (Å²) >= 11 is 5.99. The molecule has 3 N–H and O–H groups in total. The first kappa shape index (κ1) is 18.1. The van der Waals surface area contributed by atoms with Gasteiger partial charge in [-0.25, -0.2) is 0 Å². The Labute approximate surface area is 134 Å². The molecular weight excluding hydrogens is 310 g/mol. The normalized spacial score (nSPS) is 14.1. The second-order valence-corrected chi connectivity index (χ2v) is 4.89. The molecule has 122 valence electrons. The van der Waals surface area contributed by atoms with E-state index in [4.69, 9.17) is 31.6 Å². The third-order valence-corrected chi connectivity index (χ3v) is 3.17. The third-order valence-electron chi connectivity index (χ3n) is 2.87. The lowest BCUT2D eigenvalue weighted by molar-refractivity contribution is -0.126. The molecule has 2 atom stereocenters. The highest BCUT2D eigenvalue weighted by Crippen LogP contribution is 2.27. The monoisotopic (exact) mass is 329 g/mol. The van der Waals surface area contributed by atoms with E-state index in [2.05, 4.69) is 10.5 Å². The van der Waals surface area contributed by atoms with Gasteiger partial charge in [-0.15, -0.1) is 0 Å². The number of hydrogen-bond donors (Lipinski definition) is 2. The van der Waals surface area contributed by atoms with E-state index < -0.39 is 12.2 Å². The third kappa shape index (κ3) is 5.09. The highest BCUT2D eigenvalue weighted by molar-refractivity contribution is 6.32. The van der Waals surface area contributed by atoms with Gasteiger partial charge < -0.3 is 25.4 Å². The Morgan fingerprint density at radius 1 is 1.32 bits per heavy atom. The molecule has 0 aliphatic carbocycles. The minimum Gasteiger partial charge on any atom is -0.495 e. The van der Waals surface area contributed by atoms with Crippen LogP contribution in [-0.2, 0) is 14.4 Å². The zero-order valence-electron chi connectivity index (χ0n) is 12.9. The number of carbonyl (C=O) groups excluding carboxylic acids is 1. The molecule has 0 bridgehead atoms. The molecule has 22 heavy (non-hydrogen) atoms. The van der Waals surface area contributed by atoms with Crippen LogP contribution >= 0.6 is 11.6 Å². The molecular formula is C14H20ClN3O4. The van der Waals surface area contributed by atoms with Crippen molar-refractivity contribution in [2.75, 3.05) is 19.5 Å². The molecule has 0 aromatic heterocycles. The fraction of sp³-hybridized carbons (Fsp3) is 0.429. The van der Waals surface area contributed by atoms with E-state index in [-0.39, 0.29) is 11.7 Å². The minimum absolute atomic E-state index is 0.148. The van der Waals surface area contributed by atoms with E-state index in [1.54, 1.807) is 32.0 Å². The summed E-state index contributed by atoms with van der Waals surface area (Å²) in [6.07, 6.45) is -1.22. The van der Waals surface area contributed by atoms with Crippen LogP contribution in [0, 0.1) is 0 Å². The molecule has 0 aliphatic rings. The predicted molar refractivity (Wildman–Crippen MR) is 85.3 cm³/mol. The van der Waals surface area contributed by atoms with E-state index in [1.807, 2.05) is 0 Å². The van der Waals surface area contributed by atoms with Gasteiger partial charge in [-0.1, -0.05) is 16.8 Å². The van der Waals surface area contributed by atoms with E-state index in [9.17, 15) is 4.79 Å². The van der Waals surface area contributed by atoms with Gasteiger partial charge in [-0.05, 0) is 32.0 Å². The molecule has 0 spiro atoms. The molecule has 1 aromatic carbocycles. The molecule has 0 radical (unpaired) electrons. The summed E-state index contributed by atoms with van der Waals surface area (Å²) in [4.78, 5) is 17.0. The van der Waals surface area contributed by atoms with Crippen molar-refractivity contribution in [3.63, 3.8) is 0 Å². The number of benzene rings is 1. The van der Waals surface area contributed by atoms with Gasteiger partial charge in [-0.2, -0.15) is 0 Å². The Morgan fingerprint density at radius 3 is 2.55 bits per heavy atom. The van der Waals surface area contributed by atoms with Crippen LogP contribution in [0.1, 0.15) is 13.8 Å². The maximum atomic E-state index is 12.0. The van der Waals surface area contributed by atoms with Gasteiger partial charge in [0.25, 0.3) is 5.91 Å². The summed E-state index contributed by atoms with van der Waals surface area (Å²) in [5.41, 5.74) is 6.14. The van der Waals surface area contributed by atoms with Crippen molar-refractivity contribution < 1.29 is 19.1 Å². The van der Waals surface area contributed by atoms with Gasteiger partial charge >= 0.3 is 0 Å². The second-order valence-electron chi connectivity index (χ2n) is 4.48. The highest BCUT2D eigenvalue weighted by atomic mass is 35.5. The van der Waals surface area contributed by atoms with Crippen LogP contribution in [0.4, 0.5) is 5.69 Å². The zero-order valence-corrected chi connectivity index (χ0v) is 13.7. The van der Waals surface area contributed by atoms with Gasteiger partial charge in [0.15, 0.2) is 5.84 Å². The lowest BCUT2D eigenvalue weighted by atomic mass is 10.3. The number of oxime groups is 1. The van der Waals surface area contributed by atoms with Crippen LogP contribution in [0.5, 0.6) is 5.75 Å². The molecule has 0 fully saturated rings. The van der Waals surface area contributed by atoms with Crippen molar-refractivity contribution >= 4 is 29.0 Å². The first-order chi connectivity index (χ1) is 10.4. The van der Waals surface area contributed by atoms with Gasteiger partial charge in [0.2, 0.25) is 6.10 Å². The van der Waals surface area contributed by atoms with E-state index >= 15 is 0 Å². The number of nitrogens with one attached hydrogen (secondary N) is 1. The molecule has 1 aromatic rings. The maximum absolute atomic E-state index is 12.0. The number of amidine groups is 1. The number of methoxy groups -OCH3 is 2. The lowest BCUT2D eigenvalue weighted by Crippen LogP contribution is -2.31. The molecule has 8 heteroatoms. The zero-order chi connectivity index (χ0) is 16.7. The topological polar surface area (TPSA) is 95.2 Å². The maximum Gasteiger partial charge on any atom is 0.267 e. The smallest absolute Gasteiger partial charge is 0.267 e. The number of nitrogens with zero attached hydrogens (tertiary/aromatic N) is 1. The molecule has 0 saturated heterocycles. The Morgan fingerprint density at radius 2 is 2.00 bits per heavy atom. The van der Waals surface area contributed by atoms with E-state index in [0.29, 0.717) is 16.5 Å². The largest absolute Gasteiger partial charge is 0.495 e. The summed E-state index contributed by atoms with van der Waals surface area (Å²) in [5.74, 6) is 0.285. The van der Waals surface area contributed by atoms with Gasteiger partial charge in [0.1, 0.15) is 11.9 Å². The molecule has 0 aliphatic heterocycles. The standard InChI is InChI=1S/C14H20ClN3O4/c1-8(20-3)13(16)18-22-9(2)14(19)17-10-5-6-12(21-4)11(15)7-10/h5-9H,1-4H3,(H2,16,18)(H,17,19)/t8-,9-/m0/s1. The number of hydrogen-bond acceptors (Lipinski definition) is 5. The Hall–Kier alpha value is -1.99. The fourth-order valence-electron chi connectivity index (χ4n) is 1.37. The Balaban J connectivity index is 2.63. The number of nitrogens with two attached hydrogens (primary N) is 1. The number of amides is 1. The van der Waals surface area contributed by atoms with Crippen LogP contribution in [0.2, 0.25) is 5.02 Å². The van der Waals surface area contributed by atoms with Crippen molar-refractivity contribution in [1.82, 2.24) is 0 Å². The van der Waals surface area contributed by atoms with Crippen molar-refractivity contribution in [3.05, 3.63) is 23.2 Å². The van der Waals surface area contributed by atoms with Crippen LogP contribution in [0.3, 0.4) is 0 Å². The van der Waals surface area contributed by atoms with Gasteiger partial charge in [0.05, 0.1) is 12.1 Å². The van der Waals surface area contributed by atoms with E-state index in [1.165, 1.54) is 14.2 Å². The van der Waals surface area contributed by atoms with Crippen molar-refractivity contribution in [3.8, 4) is 5.75 Å². The van der Waals surface area contributed by atoms with Gasteiger partial charge in [0, 0.05) is 12.8 Å². The molecule has 1 rings (SSSR count). The Bertz CT molecular complexity index is 551. The number of carbonyl (C=O) groups is 1. The quantitative estimate of drug-likeness (QED) is 0.453. The number of rotatable bonds is 7. The van der Waals surface area contributed by atoms with Gasteiger partial charge in [-0.3, -0.25) is 4.79 Å². The van der Waals surface area contributed by atoms with Crippen LogP contribution in [-0.4, -0.2) is 38.2 Å². The summed E-state index contributed by atoms with van der Waals surface area (Å²) in [7, 11) is 3.01. The van der Waals surface area contributed by atoms with Crippen LogP contribution in [0.15, 0.2) is 23.4 Å². The average Bonchev–Trinajstić information content (AvgIpc) is 2.51. The minimum atomic E-state index is -0.830. The van der Waals surface area contributed by atoms with Crippen molar-refractivity contribution in [2.24, 2.45) is 10.9 Å². The van der Waals surface area contributed by atoms with Crippen LogP contribution in [0.25, 0.3) is 0 Å². The van der Waals surface area contributed by atoms with Crippen molar-refractivity contribution in [1.29, 1.82) is 0 Å². The fourth-order valence-corrected chi connectivity index (χ4v) is 1.63. The lowest BCUT2D eigenvalue weighted by Gasteiger charge is -2.13. The second kappa shape index (κ2) is 8.45. The summed E-state index contributed by atoms with van der Waals surface area (Å²) in [6.45, 7) is 3.26. The summed E-state index contributed by atoms with van der Waals surface area (Å²) in [5, 5.41) is 6.71. The summed E-state index contributed by atoms with van der Waals surface area (Å²) in [6, 6.07) is 4.90. The molecule has 0 unspecified atom stereocenters. The first-order valence-electron chi connectivity index (χ1n) is 6.55. The van der Waals surface area contributed by atoms with E-state index in [0.717, 1.165) is 0 Å². The van der Waals surface area contributed by atoms with Crippen molar-refractivity contribution in [2.45, 2.75) is 26.1 Å². The number of halogens is 1. The molecule has 1 amide bonds. The highest BCUT2D eigenvalue weighted by Gasteiger charge is 2.16. The summed E-state index contributed by atoms with van der Waals surface area (Å²) < 4.78 is 10.0. The average molecular weight is 330 g/mol. The first-order valence-corrected chi connectivity index (χ1v) is 6.93. The molecule has 0 saturated carbocycles. The SMILES string of the molecule is COc1ccc(NC(=O)[C@H](C)O/N=C(/N)[C@H](C)OC)cc1Cl.